The van der Waals surface area contributed by atoms with Gasteiger partial charge < -0.3 is 19.7 Å². The number of nitro groups is 1. The average molecular weight is 408 g/mol. The van der Waals surface area contributed by atoms with Crippen molar-refractivity contribution in [2.24, 2.45) is 0 Å². The fourth-order valence-corrected chi connectivity index (χ4v) is 3.43. The summed E-state index contributed by atoms with van der Waals surface area (Å²) >= 11 is 6.04. The van der Waals surface area contributed by atoms with Gasteiger partial charge in [0.25, 0.3) is 11.2 Å². The number of aliphatic hydroxyl groups is 1. The molecular formula is C18H18ClN3O6. The molecule has 2 heterocycles. The first kappa shape index (κ1) is 19.8. The first-order valence-electron chi connectivity index (χ1n) is 8.36. The second-order valence-electron chi connectivity index (χ2n) is 7.04. The molecule has 1 aliphatic rings. The van der Waals surface area contributed by atoms with Crippen LogP contribution in [0.15, 0.2) is 35.3 Å². The molecule has 2 aromatic rings. The van der Waals surface area contributed by atoms with Gasteiger partial charge in [0.05, 0.1) is 16.7 Å². The van der Waals surface area contributed by atoms with Crippen LogP contribution in [0.4, 0.5) is 11.4 Å². The number of benzene rings is 1. The van der Waals surface area contributed by atoms with Gasteiger partial charge in [-0.15, -0.1) is 0 Å². The minimum atomic E-state index is -1.23. The lowest BCUT2D eigenvalue weighted by atomic mass is 9.86. The minimum Gasteiger partial charge on any atom is -0.485 e. The number of pyridine rings is 1. The fourth-order valence-electron chi connectivity index (χ4n) is 3.22. The number of rotatable bonds is 3. The molecule has 0 saturated carbocycles. The van der Waals surface area contributed by atoms with Crippen LogP contribution in [0.1, 0.15) is 32.4 Å². The number of carbonyl (C=O) groups is 1. The maximum absolute atomic E-state index is 12.7. The van der Waals surface area contributed by atoms with Crippen molar-refractivity contribution in [3.63, 3.8) is 0 Å². The Hall–Kier alpha value is -2.91. The van der Waals surface area contributed by atoms with Crippen molar-refractivity contribution in [1.29, 1.82) is 0 Å². The number of aliphatic hydroxyl groups excluding tert-OH is 1. The summed E-state index contributed by atoms with van der Waals surface area (Å²) in [7, 11) is 0. The van der Waals surface area contributed by atoms with E-state index >= 15 is 0 Å². The average Bonchev–Trinajstić information content (AvgIpc) is 2.58. The van der Waals surface area contributed by atoms with E-state index in [0.717, 1.165) is 4.57 Å². The standard InChI is InChI=1S/C18H18ClN3O6/c1-9(23)20-10-6-13(19)17(25)21(8-10)15-12-7-11(22(26)27)4-5-14(12)28-18(2,3)16(15)24/h4-8,15-16,24H,1-3H3,(H,20,23). The minimum absolute atomic E-state index is 0.172. The van der Waals surface area contributed by atoms with E-state index in [0.29, 0.717) is 5.75 Å². The van der Waals surface area contributed by atoms with Crippen molar-refractivity contribution < 1.29 is 19.6 Å². The van der Waals surface area contributed by atoms with Crippen LogP contribution in [0.3, 0.4) is 0 Å². The van der Waals surface area contributed by atoms with Crippen molar-refractivity contribution in [3.05, 3.63) is 61.5 Å². The summed E-state index contributed by atoms with van der Waals surface area (Å²) < 4.78 is 6.95. The van der Waals surface area contributed by atoms with Gasteiger partial charge in [0.2, 0.25) is 5.91 Å². The smallest absolute Gasteiger partial charge is 0.270 e. The summed E-state index contributed by atoms with van der Waals surface area (Å²) in [6.45, 7) is 4.58. The molecule has 0 fully saturated rings. The van der Waals surface area contributed by atoms with E-state index in [9.17, 15) is 24.8 Å². The number of ether oxygens (including phenoxy) is 1. The lowest BCUT2D eigenvalue weighted by Gasteiger charge is -2.42. The van der Waals surface area contributed by atoms with E-state index in [2.05, 4.69) is 5.32 Å². The SMILES string of the molecule is CC(=O)Nc1cc(Cl)c(=O)n(C2c3cc([N+](=O)[O-])ccc3OC(C)(C)C2O)c1. The fraction of sp³-hybridized carbons (Fsp3) is 0.333. The number of nitro benzene ring substituents is 1. The first-order chi connectivity index (χ1) is 13.0. The molecule has 0 bridgehead atoms. The zero-order chi connectivity index (χ0) is 20.8. The van der Waals surface area contributed by atoms with Gasteiger partial charge in [0.15, 0.2) is 0 Å². The monoisotopic (exact) mass is 407 g/mol. The molecule has 1 aromatic heterocycles. The Morgan fingerprint density at radius 3 is 2.68 bits per heavy atom. The molecule has 2 N–H and O–H groups in total. The highest BCUT2D eigenvalue weighted by Crippen LogP contribution is 2.43. The number of carbonyl (C=O) groups excluding carboxylic acids is 1. The normalized spacial score (nSPS) is 20.0. The zero-order valence-corrected chi connectivity index (χ0v) is 16.1. The largest absolute Gasteiger partial charge is 0.485 e. The highest BCUT2D eigenvalue weighted by atomic mass is 35.5. The Bertz CT molecular complexity index is 1030. The van der Waals surface area contributed by atoms with Gasteiger partial charge in [-0.2, -0.15) is 0 Å². The van der Waals surface area contributed by atoms with E-state index in [1.54, 1.807) is 13.8 Å². The molecule has 2 atom stereocenters. The number of amides is 1. The van der Waals surface area contributed by atoms with Crippen LogP contribution in [0.5, 0.6) is 5.75 Å². The van der Waals surface area contributed by atoms with Gasteiger partial charge in [0, 0.05) is 30.8 Å². The number of hydrogen-bond acceptors (Lipinski definition) is 6. The molecule has 0 saturated heterocycles. The Morgan fingerprint density at radius 1 is 1.39 bits per heavy atom. The summed E-state index contributed by atoms with van der Waals surface area (Å²) in [5.41, 5.74) is -1.41. The molecule has 1 amide bonds. The van der Waals surface area contributed by atoms with Crippen molar-refractivity contribution in [2.45, 2.75) is 38.5 Å². The third kappa shape index (κ3) is 3.46. The molecular weight excluding hydrogens is 390 g/mol. The Kier molecular flexibility index (Phi) is 4.90. The van der Waals surface area contributed by atoms with E-state index in [1.807, 2.05) is 0 Å². The van der Waals surface area contributed by atoms with Crippen LogP contribution in [0.25, 0.3) is 0 Å². The number of hydrogen-bond donors (Lipinski definition) is 2. The van der Waals surface area contributed by atoms with Gasteiger partial charge >= 0.3 is 0 Å². The van der Waals surface area contributed by atoms with Crippen molar-refractivity contribution in [3.8, 4) is 5.75 Å². The molecule has 1 aromatic carbocycles. The molecule has 1 aliphatic heterocycles. The van der Waals surface area contributed by atoms with E-state index < -0.39 is 28.2 Å². The second-order valence-corrected chi connectivity index (χ2v) is 7.45. The van der Waals surface area contributed by atoms with Crippen LogP contribution in [-0.2, 0) is 4.79 Å². The van der Waals surface area contributed by atoms with Gasteiger partial charge in [-0.3, -0.25) is 19.7 Å². The van der Waals surface area contributed by atoms with Gasteiger partial charge in [0.1, 0.15) is 22.5 Å². The maximum atomic E-state index is 12.7. The molecule has 148 valence electrons. The number of anilines is 1. The quantitative estimate of drug-likeness (QED) is 0.595. The summed E-state index contributed by atoms with van der Waals surface area (Å²) in [5.74, 6) is -0.0657. The molecule has 28 heavy (non-hydrogen) atoms. The third-order valence-electron chi connectivity index (χ3n) is 4.53. The summed E-state index contributed by atoms with van der Waals surface area (Å²) in [4.78, 5) is 34.7. The molecule has 0 spiro atoms. The number of halogens is 1. The van der Waals surface area contributed by atoms with Crippen LogP contribution in [0.2, 0.25) is 5.02 Å². The van der Waals surface area contributed by atoms with Gasteiger partial charge in [-0.25, -0.2) is 0 Å². The van der Waals surface area contributed by atoms with Crippen LogP contribution < -0.4 is 15.6 Å². The Labute approximate surface area is 164 Å². The number of nitrogens with zero attached hydrogens (tertiary/aromatic N) is 2. The van der Waals surface area contributed by atoms with E-state index in [-0.39, 0.29) is 27.9 Å². The predicted octanol–water partition coefficient (Wildman–Crippen LogP) is 2.49. The van der Waals surface area contributed by atoms with E-state index in [4.69, 9.17) is 16.3 Å². The summed E-state index contributed by atoms with van der Waals surface area (Å²) in [6.07, 6.45) is 0.108. The highest BCUT2D eigenvalue weighted by molar-refractivity contribution is 6.30. The predicted molar refractivity (Wildman–Crippen MR) is 102 cm³/mol. The molecule has 2 unspecified atom stereocenters. The number of aromatic nitrogens is 1. The molecule has 9 nitrogen and oxygen atoms in total. The van der Waals surface area contributed by atoms with Gasteiger partial charge in [-0.1, -0.05) is 11.6 Å². The molecule has 3 rings (SSSR count). The van der Waals surface area contributed by atoms with Crippen LogP contribution >= 0.6 is 11.6 Å². The van der Waals surface area contributed by atoms with Crippen molar-refractivity contribution in [1.82, 2.24) is 4.57 Å². The van der Waals surface area contributed by atoms with Crippen LogP contribution in [-0.4, -0.2) is 32.2 Å². The number of non-ortho nitro benzene ring substituents is 1. The second kappa shape index (κ2) is 6.92. The maximum Gasteiger partial charge on any atom is 0.270 e. The summed E-state index contributed by atoms with van der Waals surface area (Å²) in [5, 5.41) is 24.5. The Morgan fingerprint density at radius 2 is 2.07 bits per heavy atom. The lowest BCUT2D eigenvalue weighted by molar-refractivity contribution is -0.385. The summed E-state index contributed by atoms with van der Waals surface area (Å²) in [6, 6.07) is 4.25. The number of fused-ring (bicyclic) bond motifs is 1. The van der Waals surface area contributed by atoms with Gasteiger partial charge in [-0.05, 0) is 26.0 Å². The van der Waals surface area contributed by atoms with Crippen LogP contribution in [0, 0.1) is 10.1 Å². The highest BCUT2D eigenvalue weighted by Gasteiger charge is 2.45. The molecule has 0 aliphatic carbocycles. The van der Waals surface area contributed by atoms with Crippen molar-refractivity contribution in [2.75, 3.05) is 5.32 Å². The third-order valence-corrected chi connectivity index (χ3v) is 4.80. The lowest BCUT2D eigenvalue weighted by Crippen LogP contribution is -2.52. The van der Waals surface area contributed by atoms with E-state index in [1.165, 1.54) is 37.4 Å². The number of nitrogens with one attached hydrogen (secondary N) is 1. The molecule has 10 heteroatoms. The van der Waals surface area contributed by atoms with Crippen molar-refractivity contribution >= 4 is 28.9 Å². The zero-order valence-electron chi connectivity index (χ0n) is 15.3. The topological polar surface area (TPSA) is 124 Å². The molecule has 0 radical (unpaired) electrons. The Balaban J connectivity index is 2.27. The first-order valence-corrected chi connectivity index (χ1v) is 8.74.